The third-order valence-corrected chi connectivity index (χ3v) is 3.68. The summed E-state index contributed by atoms with van der Waals surface area (Å²) in [6.07, 6.45) is 0. The number of ether oxygens (including phenoxy) is 2. The van der Waals surface area contributed by atoms with Gasteiger partial charge in [0, 0.05) is 5.56 Å². The Morgan fingerprint density at radius 2 is 1.36 bits per heavy atom. The molecule has 5 nitrogen and oxygen atoms in total. The molecule has 0 spiro atoms. The standard InChI is InChI=1S/C20H17NO4/c21-20(23)19(22)15-6-8-17(9-7-15)24-11-12-25-18-10-5-14-3-1-2-4-16(14)13-18/h1-10,13H,11-12H2,(H2,21,23). The van der Waals surface area contributed by atoms with E-state index in [2.05, 4.69) is 6.07 Å². The maximum atomic E-state index is 11.4. The number of rotatable bonds is 7. The van der Waals surface area contributed by atoms with Gasteiger partial charge in [0.05, 0.1) is 0 Å². The molecule has 3 aromatic carbocycles. The summed E-state index contributed by atoms with van der Waals surface area (Å²) in [6, 6.07) is 20.2. The first kappa shape index (κ1) is 16.5. The van der Waals surface area contributed by atoms with Crippen LogP contribution in [0.4, 0.5) is 0 Å². The number of fused-ring (bicyclic) bond motifs is 1. The lowest BCUT2D eigenvalue weighted by Crippen LogP contribution is -2.22. The molecule has 1 amide bonds. The molecule has 3 aromatic rings. The molecule has 3 rings (SSSR count). The number of hydrogen-bond donors (Lipinski definition) is 1. The van der Waals surface area contributed by atoms with Gasteiger partial charge in [-0.2, -0.15) is 0 Å². The molecule has 25 heavy (non-hydrogen) atoms. The summed E-state index contributed by atoms with van der Waals surface area (Å²) >= 11 is 0. The van der Waals surface area contributed by atoms with E-state index in [4.69, 9.17) is 15.2 Å². The maximum absolute atomic E-state index is 11.4. The summed E-state index contributed by atoms with van der Waals surface area (Å²) in [7, 11) is 0. The highest BCUT2D eigenvalue weighted by atomic mass is 16.5. The summed E-state index contributed by atoms with van der Waals surface area (Å²) < 4.78 is 11.2. The van der Waals surface area contributed by atoms with Crippen molar-refractivity contribution in [3.05, 3.63) is 72.3 Å². The second kappa shape index (κ2) is 7.49. The topological polar surface area (TPSA) is 78.6 Å². The van der Waals surface area contributed by atoms with Gasteiger partial charge in [-0.15, -0.1) is 0 Å². The zero-order valence-electron chi connectivity index (χ0n) is 13.5. The number of carbonyl (C=O) groups is 2. The number of ketones is 1. The van der Waals surface area contributed by atoms with Crippen molar-refractivity contribution in [2.45, 2.75) is 0 Å². The minimum atomic E-state index is -0.975. The SMILES string of the molecule is NC(=O)C(=O)c1ccc(OCCOc2ccc3ccccc3c2)cc1. The van der Waals surface area contributed by atoms with Crippen LogP contribution in [0.3, 0.4) is 0 Å². The van der Waals surface area contributed by atoms with E-state index < -0.39 is 11.7 Å². The van der Waals surface area contributed by atoms with Crippen molar-refractivity contribution in [2.24, 2.45) is 5.73 Å². The lowest BCUT2D eigenvalue weighted by Gasteiger charge is -2.09. The smallest absolute Gasteiger partial charge is 0.289 e. The number of hydrogen-bond acceptors (Lipinski definition) is 4. The molecule has 0 saturated heterocycles. The Bertz CT molecular complexity index is 903. The van der Waals surface area contributed by atoms with Gasteiger partial charge in [0.25, 0.3) is 5.91 Å². The van der Waals surface area contributed by atoms with E-state index in [0.29, 0.717) is 19.0 Å². The number of nitrogens with two attached hydrogens (primary N) is 1. The van der Waals surface area contributed by atoms with Crippen LogP contribution in [0.25, 0.3) is 10.8 Å². The predicted octanol–water partition coefficient (Wildman–Crippen LogP) is 2.97. The molecule has 2 N–H and O–H groups in total. The van der Waals surface area contributed by atoms with Gasteiger partial charge in [0.1, 0.15) is 24.7 Å². The molecule has 126 valence electrons. The fourth-order valence-electron chi connectivity index (χ4n) is 2.42. The lowest BCUT2D eigenvalue weighted by molar-refractivity contribution is -0.114. The Labute approximate surface area is 145 Å². The zero-order valence-corrected chi connectivity index (χ0v) is 13.5. The monoisotopic (exact) mass is 335 g/mol. The Morgan fingerprint density at radius 3 is 2.04 bits per heavy atom. The molecule has 0 aliphatic heterocycles. The Hall–Kier alpha value is -3.34. The molecule has 0 unspecified atom stereocenters. The molecule has 0 aliphatic rings. The van der Waals surface area contributed by atoms with Crippen LogP contribution in [0.5, 0.6) is 11.5 Å². The number of benzene rings is 3. The zero-order chi connectivity index (χ0) is 17.6. The van der Waals surface area contributed by atoms with Gasteiger partial charge in [-0.25, -0.2) is 0 Å². The molecule has 0 heterocycles. The third-order valence-electron chi connectivity index (χ3n) is 3.68. The fraction of sp³-hybridized carbons (Fsp3) is 0.100. The first-order chi connectivity index (χ1) is 12.1. The van der Waals surface area contributed by atoms with Crippen LogP contribution < -0.4 is 15.2 Å². The van der Waals surface area contributed by atoms with Crippen LogP contribution in [0.1, 0.15) is 10.4 Å². The highest BCUT2D eigenvalue weighted by Gasteiger charge is 2.11. The minimum Gasteiger partial charge on any atom is -0.490 e. The molecule has 0 aromatic heterocycles. The van der Waals surface area contributed by atoms with Gasteiger partial charge in [0.2, 0.25) is 5.78 Å². The highest BCUT2D eigenvalue weighted by molar-refractivity contribution is 6.42. The van der Waals surface area contributed by atoms with Gasteiger partial charge in [-0.3, -0.25) is 9.59 Å². The largest absolute Gasteiger partial charge is 0.490 e. The van der Waals surface area contributed by atoms with E-state index in [9.17, 15) is 9.59 Å². The minimum absolute atomic E-state index is 0.243. The average Bonchev–Trinajstić information content (AvgIpc) is 2.65. The van der Waals surface area contributed by atoms with Crippen LogP contribution in [0, 0.1) is 0 Å². The predicted molar refractivity (Wildman–Crippen MR) is 94.9 cm³/mol. The second-order valence-electron chi connectivity index (χ2n) is 5.42. The van der Waals surface area contributed by atoms with Crippen molar-refractivity contribution >= 4 is 22.5 Å². The van der Waals surface area contributed by atoms with Crippen molar-refractivity contribution in [3.63, 3.8) is 0 Å². The van der Waals surface area contributed by atoms with Gasteiger partial charge < -0.3 is 15.2 Å². The molecule has 0 radical (unpaired) electrons. The van der Waals surface area contributed by atoms with Crippen LogP contribution in [0.2, 0.25) is 0 Å². The van der Waals surface area contributed by atoms with E-state index in [0.717, 1.165) is 16.5 Å². The molecule has 5 heteroatoms. The van der Waals surface area contributed by atoms with Crippen molar-refractivity contribution in [1.82, 2.24) is 0 Å². The quantitative estimate of drug-likeness (QED) is 0.409. The first-order valence-electron chi connectivity index (χ1n) is 7.82. The molecule has 0 saturated carbocycles. The van der Waals surface area contributed by atoms with Crippen molar-refractivity contribution in [3.8, 4) is 11.5 Å². The number of amides is 1. The Kier molecular flexibility index (Phi) is 4.95. The van der Waals surface area contributed by atoms with Crippen LogP contribution >= 0.6 is 0 Å². The molecular formula is C20H17NO4. The summed E-state index contributed by atoms with van der Waals surface area (Å²) in [4.78, 5) is 22.3. The summed E-state index contributed by atoms with van der Waals surface area (Å²) in [5.74, 6) is -0.323. The number of Topliss-reactive ketones (excluding diaryl/α,β-unsaturated/α-hetero) is 1. The van der Waals surface area contributed by atoms with Gasteiger partial charge >= 0.3 is 0 Å². The molecule has 0 fully saturated rings. The van der Waals surface area contributed by atoms with Crippen molar-refractivity contribution in [1.29, 1.82) is 0 Å². The summed E-state index contributed by atoms with van der Waals surface area (Å²) in [6.45, 7) is 0.746. The lowest BCUT2D eigenvalue weighted by atomic mass is 10.1. The van der Waals surface area contributed by atoms with Crippen LogP contribution in [-0.4, -0.2) is 24.9 Å². The van der Waals surface area contributed by atoms with E-state index in [-0.39, 0.29) is 5.56 Å². The average molecular weight is 335 g/mol. The third kappa shape index (κ3) is 4.14. The van der Waals surface area contributed by atoms with E-state index >= 15 is 0 Å². The molecule has 0 aliphatic carbocycles. The van der Waals surface area contributed by atoms with Crippen LogP contribution in [0.15, 0.2) is 66.7 Å². The van der Waals surface area contributed by atoms with E-state index in [1.807, 2.05) is 36.4 Å². The Balaban J connectivity index is 1.50. The van der Waals surface area contributed by atoms with Gasteiger partial charge in [0.15, 0.2) is 0 Å². The Morgan fingerprint density at radius 1 is 0.760 bits per heavy atom. The maximum Gasteiger partial charge on any atom is 0.289 e. The second-order valence-corrected chi connectivity index (χ2v) is 5.42. The van der Waals surface area contributed by atoms with Crippen molar-refractivity contribution < 1.29 is 19.1 Å². The van der Waals surface area contributed by atoms with E-state index in [1.54, 1.807) is 12.1 Å². The summed E-state index contributed by atoms with van der Waals surface area (Å²) in [5, 5.41) is 2.28. The van der Waals surface area contributed by atoms with E-state index in [1.165, 1.54) is 12.1 Å². The molecule has 0 bridgehead atoms. The van der Waals surface area contributed by atoms with Gasteiger partial charge in [-0.1, -0.05) is 30.3 Å². The summed E-state index contributed by atoms with van der Waals surface area (Å²) in [5.41, 5.74) is 5.20. The molecular weight excluding hydrogens is 318 g/mol. The highest BCUT2D eigenvalue weighted by Crippen LogP contribution is 2.20. The molecule has 0 atom stereocenters. The van der Waals surface area contributed by atoms with Gasteiger partial charge in [-0.05, 0) is 47.2 Å². The number of primary amides is 1. The fourth-order valence-corrected chi connectivity index (χ4v) is 2.42. The first-order valence-corrected chi connectivity index (χ1v) is 7.82. The van der Waals surface area contributed by atoms with Crippen molar-refractivity contribution in [2.75, 3.05) is 13.2 Å². The number of carbonyl (C=O) groups excluding carboxylic acids is 2. The van der Waals surface area contributed by atoms with Crippen LogP contribution in [-0.2, 0) is 4.79 Å². The normalized spacial score (nSPS) is 10.4.